The van der Waals surface area contributed by atoms with Gasteiger partial charge in [-0.05, 0) is 19.1 Å². The second-order valence-electron chi connectivity index (χ2n) is 3.46. The van der Waals surface area contributed by atoms with Gasteiger partial charge < -0.3 is 10.3 Å². The van der Waals surface area contributed by atoms with Crippen molar-refractivity contribution in [2.45, 2.75) is 19.0 Å². The molecule has 2 atom stereocenters. The number of nitrogens with zero attached hydrogens (tertiary/aromatic N) is 2. The Hall–Kier alpha value is -0.840. The molecule has 5 heteroatoms. The highest BCUT2D eigenvalue weighted by Gasteiger charge is 2.19. The number of hydrogen-bond donors (Lipinski definition) is 1. The average molecular weight is 242 g/mol. The number of hydrogen-bond acceptors (Lipinski definition) is 3. The van der Waals surface area contributed by atoms with Gasteiger partial charge in [-0.2, -0.15) is 0 Å². The molecule has 0 spiro atoms. The van der Waals surface area contributed by atoms with Crippen LogP contribution < -0.4 is 5.73 Å². The summed E-state index contributed by atoms with van der Waals surface area (Å²) in [4.78, 5) is 5.20. The zero-order valence-electron chi connectivity index (χ0n) is 8.30. The topological polar surface area (TPSA) is 43.8 Å². The van der Waals surface area contributed by atoms with E-state index in [0.29, 0.717) is 0 Å². The van der Waals surface area contributed by atoms with Crippen LogP contribution in [-0.4, -0.2) is 15.6 Å². The van der Waals surface area contributed by atoms with Crippen molar-refractivity contribution in [2.75, 3.05) is 0 Å². The summed E-state index contributed by atoms with van der Waals surface area (Å²) in [6, 6.07) is 4.05. The minimum absolute atomic E-state index is 0.0221. The van der Waals surface area contributed by atoms with Gasteiger partial charge in [-0.15, -0.1) is 11.3 Å². The van der Waals surface area contributed by atoms with Crippen molar-refractivity contribution in [3.63, 3.8) is 0 Å². The van der Waals surface area contributed by atoms with Gasteiger partial charge in [-0.3, -0.25) is 0 Å². The molecule has 0 saturated heterocycles. The molecule has 3 nitrogen and oxygen atoms in total. The average Bonchev–Trinajstić information content (AvgIpc) is 2.77. The van der Waals surface area contributed by atoms with Crippen LogP contribution in [0.3, 0.4) is 0 Å². The Labute approximate surface area is 97.5 Å². The second kappa shape index (κ2) is 4.35. The Balaban J connectivity index is 2.36. The van der Waals surface area contributed by atoms with Crippen LogP contribution in [0.25, 0.3) is 0 Å². The molecule has 0 radical (unpaired) electrons. The number of halogens is 1. The van der Waals surface area contributed by atoms with Crippen molar-refractivity contribution >= 4 is 22.9 Å². The van der Waals surface area contributed by atoms with Crippen LogP contribution in [-0.2, 0) is 0 Å². The van der Waals surface area contributed by atoms with E-state index in [1.54, 1.807) is 23.9 Å². The van der Waals surface area contributed by atoms with Gasteiger partial charge in [0.15, 0.2) is 0 Å². The van der Waals surface area contributed by atoms with Crippen molar-refractivity contribution in [3.05, 3.63) is 40.1 Å². The lowest BCUT2D eigenvalue weighted by Gasteiger charge is -2.20. The van der Waals surface area contributed by atoms with Gasteiger partial charge in [0, 0.05) is 23.3 Å². The lowest BCUT2D eigenvalue weighted by Crippen LogP contribution is -2.28. The summed E-state index contributed by atoms with van der Waals surface area (Å²) in [7, 11) is 0. The maximum atomic E-state index is 5.98. The van der Waals surface area contributed by atoms with Gasteiger partial charge in [0.25, 0.3) is 0 Å². The van der Waals surface area contributed by atoms with Gasteiger partial charge in [-0.1, -0.05) is 11.6 Å². The normalized spacial score (nSPS) is 15.1. The molecule has 0 fully saturated rings. The van der Waals surface area contributed by atoms with Gasteiger partial charge in [-0.25, -0.2) is 4.98 Å². The third-order valence-electron chi connectivity index (χ3n) is 2.23. The predicted molar refractivity (Wildman–Crippen MR) is 63.3 cm³/mol. The molecule has 0 saturated carbocycles. The van der Waals surface area contributed by atoms with E-state index >= 15 is 0 Å². The Morgan fingerprint density at radius 2 is 2.33 bits per heavy atom. The number of thiophene rings is 1. The molecular formula is C10H12ClN3S. The number of aromatic nitrogens is 2. The monoisotopic (exact) mass is 241 g/mol. The third kappa shape index (κ3) is 2.22. The van der Waals surface area contributed by atoms with E-state index in [-0.39, 0.29) is 12.1 Å². The van der Waals surface area contributed by atoms with Gasteiger partial charge in [0.2, 0.25) is 0 Å². The quantitative estimate of drug-likeness (QED) is 0.898. The minimum atomic E-state index is 0.0221. The Kier molecular flexibility index (Phi) is 3.09. The third-order valence-corrected chi connectivity index (χ3v) is 3.53. The first-order chi connectivity index (χ1) is 7.18. The summed E-state index contributed by atoms with van der Waals surface area (Å²) in [5.41, 5.74) is 5.98. The molecule has 0 amide bonds. The smallest absolute Gasteiger partial charge is 0.0952 e. The Bertz CT molecular complexity index is 422. The van der Waals surface area contributed by atoms with E-state index in [4.69, 9.17) is 17.3 Å². The standard InChI is InChI=1S/C10H12ClN3S/c1-7(12)10(14-5-4-13-6-14)8-2-3-9(11)15-8/h2-7,10H,12H2,1H3. The maximum Gasteiger partial charge on any atom is 0.0952 e. The van der Waals surface area contributed by atoms with Crippen molar-refractivity contribution in [3.8, 4) is 0 Å². The summed E-state index contributed by atoms with van der Waals surface area (Å²) in [5.74, 6) is 0. The summed E-state index contributed by atoms with van der Waals surface area (Å²) < 4.78 is 2.79. The SMILES string of the molecule is CC(N)C(c1ccc(Cl)s1)n1ccnc1. The molecular weight excluding hydrogens is 230 g/mol. The summed E-state index contributed by atoms with van der Waals surface area (Å²) in [6.07, 6.45) is 5.45. The van der Waals surface area contributed by atoms with E-state index < -0.39 is 0 Å². The van der Waals surface area contributed by atoms with Gasteiger partial charge >= 0.3 is 0 Å². The zero-order valence-corrected chi connectivity index (χ0v) is 9.87. The van der Waals surface area contributed by atoms with Crippen LogP contribution in [0.15, 0.2) is 30.9 Å². The highest BCUT2D eigenvalue weighted by atomic mass is 35.5. The highest BCUT2D eigenvalue weighted by Crippen LogP contribution is 2.30. The molecule has 2 rings (SSSR count). The predicted octanol–water partition coefficient (Wildman–Crippen LogP) is 2.53. The fraction of sp³-hybridized carbons (Fsp3) is 0.300. The van der Waals surface area contributed by atoms with Crippen molar-refractivity contribution in [1.82, 2.24) is 9.55 Å². The lowest BCUT2D eigenvalue weighted by atomic mass is 10.1. The van der Waals surface area contributed by atoms with E-state index in [2.05, 4.69) is 4.98 Å². The van der Waals surface area contributed by atoms with Crippen molar-refractivity contribution < 1.29 is 0 Å². The van der Waals surface area contributed by atoms with Crippen LogP contribution in [0.2, 0.25) is 4.34 Å². The number of rotatable bonds is 3. The van der Waals surface area contributed by atoms with Crippen LogP contribution in [0.4, 0.5) is 0 Å². The first-order valence-electron chi connectivity index (χ1n) is 4.66. The second-order valence-corrected chi connectivity index (χ2v) is 5.20. The molecule has 0 aliphatic rings. The first-order valence-corrected chi connectivity index (χ1v) is 5.86. The number of imidazole rings is 1. The van der Waals surface area contributed by atoms with Crippen molar-refractivity contribution in [1.29, 1.82) is 0 Å². The summed E-state index contributed by atoms with van der Waals surface area (Å²) in [6.45, 7) is 1.98. The molecule has 2 N–H and O–H groups in total. The fourth-order valence-electron chi connectivity index (χ4n) is 1.60. The highest BCUT2D eigenvalue weighted by molar-refractivity contribution is 7.16. The van der Waals surface area contributed by atoms with Crippen LogP contribution in [0.1, 0.15) is 17.8 Å². The van der Waals surface area contributed by atoms with Crippen LogP contribution >= 0.6 is 22.9 Å². The molecule has 0 aromatic carbocycles. The molecule has 15 heavy (non-hydrogen) atoms. The summed E-state index contributed by atoms with van der Waals surface area (Å²) in [5, 5.41) is 0. The number of nitrogens with two attached hydrogens (primary N) is 1. The zero-order chi connectivity index (χ0) is 10.8. The molecule has 2 heterocycles. The van der Waals surface area contributed by atoms with Gasteiger partial charge in [0.05, 0.1) is 16.7 Å². The van der Waals surface area contributed by atoms with E-state index in [0.717, 1.165) is 9.21 Å². The minimum Gasteiger partial charge on any atom is -0.328 e. The van der Waals surface area contributed by atoms with Gasteiger partial charge in [0.1, 0.15) is 0 Å². The van der Waals surface area contributed by atoms with Crippen molar-refractivity contribution in [2.24, 2.45) is 5.73 Å². The molecule has 0 aliphatic heterocycles. The largest absolute Gasteiger partial charge is 0.328 e. The van der Waals surface area contributed by atoms with Crippen LogP contribution in [0, 0.1) is 0 Å². The first kappa shape index (κ1) is 10.7. The Morgan fingerprint density at radius 1 is 1.53 bits per heavy atom. The summed E-state index contributed by atoms with van der Waals surface area (Å²) >= 11 is 7.48. The Morgan fingerprint density at radius 3 is 2.80 bits per heavy atom. The molecule has 0 aliphatic carbocycles. The maximum absolute atomic E-state index is 5.98. The molecule has 80 valence electrons. The van der Waals surface area contributed by atoms with E-state index in [9.17, 15) is 0 Å². The molecule has 2 unspecified atom stereocenters. The van der Waals surface area contributed by atoms with Crippen LogP contribution in [0.5, 0.6) is 0 Å². The van der Waals surface area contributed by atoms with E-state index in [1.165, 1.54) is 0 Å². The molecule has 2 aromatic rings. The van der Waals surface area contributed by atoms with E-state index in [1.807, 2.05) is 29.8 Å². The molecule has 2 aromatic heterocycles. The lowest BCUT2D eigenvalue weighted by molar-refractivity contribution is 0.503. The fourth-order valence-corrected chi connectivity index (χ4v) is 2.88. The molecule has 0 bridgehead atoms.